The number of allylic oxidation sites excluding steroid dienone is 1. The molecule has 1 aliphatic heterocycles. The van der Waals surface area contributed by atoms with E-state index in [1.165, 1.54) is 12.0 Å². The number of carbonyl (C=O) groups excluding carboxylic acids is 2. The van der Waals surface area contributed by atoms with Gasteiger partial charge in [-0.3, -0.25) is 9.69 Å². The molecular formula is C20H14Cl3NO3. The van der Waals surface area contributed by atoms with Crippen LogP contribution in [0, 0.1) is 0 Å². The van der Waals surface area contributed by atoms with Gasteiger partial charge < -0.3 is 4.74 Å². The Labute approximate surface area is 171 Å². The SMILES string of the molecule is COC(=O)C1=C(C)N(c2ccc(Cl)cc2)C(=O)/C1=C\c1ccc(Cl)cc1Cl. The van der Waals surface area contributed by atoms with Gasteiger partial charge in [-0.2, -0.15) is 0 Å². The highest BCUT2D eigenvalue weighted by Crippen LogP contribution is 2.36. The number of hydrogen-bond donors (Lipinski definition) is 0. The van der Waals surface area contributed by atoms with Gasteiger partial charge in [0.15, 0.2) is 0 Å². The number of benzene rings is 2. The molecule has 3 rings (SSSR count). The molecule has 0 spiro atoms. The minimum atomic E-state index is -0.603. The van der Waals surface area contributed by atoms with E-state index in [0.717, 1.165) is 0 Å². The van der Waals surface area contributed by atoms with Crippen molar-refractivity contribution in [2.75, 3.05) is 12.0 Å². The van der Waals surface area contributed by atoms with Gasteiger partial charge in [-0.15, -0.1) is 0 Å². The third-order valence-electron chi connectivity index (χ3n) is 4.14. The molecule has 0 N–H and O–H groups in total. The standard InChI is InChI=1S/C20H14Cl3NO3/c1-11-18(20(26)27-2)16(9-12-3-4-14(22)10-17(12)23)19(25)24(11)15-7-5-13(21)6-8-15/h3-10H,1-2H3/b16-9-. The number of anilines is 1. The topological polar surface area (TPSA) is 46.6 Å². The van der Waals surface area contributed by atoms with E-state index in [-0.39, 0.29) is 17.1 Å². The molecule has 0 aliphatic carbocycles. The van der Waals surface area contributed by atoms with E-state index in [9.17, 15) is 9.59 Å². The Morgan fingerprint density at radius 3 is 2.26 bits per heavy atom. The van der Waals surface area contributed by atoms with Gasteiger partial charge in [-0.25, -0.2) is 4.79 Å². The van der Waals surface area contributed by atoms with Gasteiger partial charge in [-0.05, 0) is 55.0 Å². The minimum Gasteiger partial charge on any atom is -0.465 e. The van der Waals surface area contributed by atoms with Crippen LogP contribution in [-0.4, -0.2) is 19.0 Å². The van der Waals surface area contributed by atoms with Crippen LogP contribution in [0.2, 0.25) is 15.1 Å². The van der Waals surface area contributed by atoms with Crippen molar-refractivity contribution >= 4 is 58.4 Å². The maximum absolute atomic E-state index is 13.1. The average molecular weight is 423 g/mol. The maximum Gasteiger partial charge on any atom is 0.340 e. The van der Waals surface area contributed by atoms with Gasteiger partial charge in [0.05, 0.1) is 18.3 Å². The minimum absolute atomic E-state index is 0.184. The van der Waals surface area contributed by atoms with Crippen molar-refractivity contribution in [2.24, 2.45) is 0 Å². The number of rotatable bonds is 3. The molecule has 1 amide bonds. The normalized spacial score (nSPS) is 15.7. The summed E-state index contributed by atoms with van der Waals surface area (Å²) >= 11 is 18.1. The highest BCUT2D eigenvalue weighted by molar-refractivity contribution is 6.36. The molecular weight excluding hydrogens is 409 g/mol. The highest BCUT2D eigenvalue weighted by atomic mass is 35.5. The Morgan fingerprint density at radius 1 is 1.04 bits per heavy atom. The molecule has 2 aromatic rings. The molecule has 0 unspecified atom stereocenters. The average Bonchev–Trinajstić information content (AvgIpc) is 2.88. The molecule has 1 heterocycles. The number of nitrogens with zero attached hydrogens (tertiary/aromatic N) is 1. The van der Waals surface area contributed by atoms with Crippen LogP contribution in [0.15, 0.2) is 59.3 Å². The van der Waals surface area contributed by atoms with Crippen LogP contribution in [0.4, 0.5) is 5.69 Å². The lowest BCUT2D eigenvalue weighted by Crippen LogP contribution is -2.24. The molecule has 4 nitrogen and oxygen atoms in total. The fourth-order valence-electron chi connectivity index (χ4n) is 2.86. The van der Waals surface area contributed by atoms with Crippen LogP contribution in [-0.2, 0) is 14.3 Å². The van der Waals surface area contributed by atoms with Gasteiger partial charge in [0, 0.05) is 26.5 Å². The van der Waals surface area contributed by atoms with Crippen molar-refractivity contribution in [3.8, 4) is 0 Å². The second-order valence-corrected chi connectivity index (χ2v) is 7.07. The quantitative estimate of drug-likeness (QED) is 0.483. The van der Waals surface area contributed by atoms with Gasteiger partial charge in [0.25, 0.3) is 5.91 Å². The first-order valence-corrected chi connectivity index (χ1v) is 9.03. The van der Waals surface area contributed by atoms with Gasteiger partial charge in [0.2, 0.25) is 0 Å². The largest absolute Gasteiger partial charge is 0.465 e. The predicted octanol–water partition coefficient (Wildman–Crippen LogP) is 5.52. The van der Waals surface area contributed by atoms with E-state index in [2.05, 4.69) is 0 Å². The van der Waals surface area contributed by atoms with Crippen molar-refractivity contribution in [3.63, 3.8) is 0 Å². The van der Waals surface area contributed by atoms with Crippen molar-refractivity contribution in [3.05, 3.63) is 79.9 Å². The van der Waals surface area contributed by atoms with Crippen LogP contribution in [0.25, 0.3) is 6.08 Å². The fourth-order valence-corrected chi connectivity index (χ4v) is 3.44. The summed E-state index contributed by atoms with van der Waals surface area (Å²) in [5.41, 5.74) is 2.00. The van der Waals surface area contributed by atoms with E-state index in [1.807, 2.05) is 0 Å². The number of hydrogen-bond acceptors (Lipinski definition) is 3. The molecule has 0 aromatic heterocycles. The number of carbonyl (C=O) groups is 2. The molecule has 0 saturated heterocycles. The number of esters is 1. The summed E-state index contributed by atoms with van der Waals surface area (Å²) in [4.78, 5) is 26.9. The summed E-state index contributed by atoms with van der Waals surface area (Å²) in [5, 5.41) is 1.39. The summed E-state index contributed by atoms with van der Waals surface area (Å²) in [6.45, 7) is 1.68. The molecule has 0 radical (unpaired) electrons. The monoisotopic (exact) mass is 421 g/mol. The van der Waals surface area contributed by atoms with Gasteiger partial charge in [-0.1, -0.05) is 40.9 Å². The zero-order valence-corrected chi connectivity index (χ0v) is 16.7. The highest BCUT2D eigenvalue weighted by Gasteiger charge is 2.37. The molecule has 0 fully saturated rings. The summed E-state index contributed by atoms with van der Waals surface area (Å²) in [7, 11) is 1.27. The summed E-state index contributed by atoms with van der Waals surface area (Å²) in [6, 6.07) is 11.7. The molecule has 1 aliphatic rings. The van der Waals surface area contributed by atoms with Crippen LogP contribution < -0.4 is 4.90 Å². The van der Waals surface area contributed by atoms with Crippen molar-refractivity contribution < 1.29 is 14.3 Å². The Morgan fingerprint density at radius 2 is 1.67 bits per heavy atom. The number of halogens is 3. The third kappa shape index (κ3) is 3.74. The number of amides is 1. The van der Waals surface area contributed by atoms with Crippen LogP contribution in [0.1, 0.15) is 12.5 Å². The summed E-state index contributed by atoms with van der Waals surface area (Å²) in [6.07, 6.45) is 1.56. The predicted molar refractivity (Wildman–Crippen MR) is 108 cm³/mol. The molecule has 0 saturated carbocycles. The lowest BCUT2D eigenvalue weighted by molar-refractivity contribution is -0.136. The molecule has 27 heavy (non-hydrogen) atoms. The van der Waals surface area contributed by atoms with Gasteiger partial charge in [0.1, 0.15) is 0 Å². The lowest BCUT2D eigenvalue weighted by Gasteiger charge is -2.18. The molecule has 0 atom stereocenters. The Bertz CT molecular complexity index is 994. The van der Waals surface area contributed by atoms with E-state index in [1.54, 1.807) is 55.5 Å². The van der Waals surface area contributed by atoms with E-state index >= 15 is 0 Å². The maximum atomic E-state index is 13.1. The molecule has 2 aromatic carbocycles. The third-order valence-corrected chi connectivity index (χ3v) is 4.95. The van der Waals surface area contributed by atoms with Crippen molar-refractivity contribution in [2.45, 2.75) is 6.92 Å². The Balaban J connectivity index is 2.15. The first-order chi connectivity index (χ1) is 12.8. The van der Waals surface area contributed by atoms with Crippen LogP contribution >= 0.6 is 34.8 Å². The van der Waals surface area contributed by atoms with Crippen molar-refractivity contribution in [1.29, 1.82) is 0 Å². The zero-order chi connectivity index (χ0) is 19.7. The molecule has 138 valence electrons. The lowest BCUT2D eigenvalue weighted by atomic mass is 10.0. The first kappa shape index (κ1) is 19.5. The van der Waals surface area contributed by atoms with Crippen molar-refractivity contribution in [1.82, 2.24) is 0 Å². The Kier molecular flexibility index (Phi) is 5.61. The first-order valence-electron chi connectivity index (χ1n) is 7.90. The summed E-state index contributed by atoms with van der Waals surface area (Å²) in [5.74, 6) is -0.963. The van der Waals surface area contributed by atoms with Crippen LogP contribution in [0.5, 0.6) is 0 Å². The summed E-state index contributed by atoms with van der Waals surface area (Å²) < 4.78 is 4.88. The molecule has 0 bridgehead atoms. The van der Waals surface area contributed by atoms with Gasteiger partial charge >= 0.3 is 5.97 Å². The molecule has 7 heteroatoms. The smallest absolute Gasteiger partial charge is 0.340 e. The van der Waals surface area contributed by atoms with Crippen LogP contribution in [0.3, 0.4) is 0 Å². The van der Waals surface area contributed by atoms with E-state index in [4.69, 9.17) is 39.5 Å². The fraction of sp³-hybridized carbons (Fsp3) is 0.100. The Hall–Kier alpha value is -2.27. The van der Waals surface area contributed by atoms with E-state index in [0.29, 0.717) is 32.0 Å². The van der Waals surface area contributed by atoms with E-state index < -0.39 is 5.97 Å². The second-order valence-electron chi connectivity index (χ2n) is 5.79. The zero-order valence-electron chi connectivity index (χ0n) is 14.4. The number of methoxy groups -OCH3 is 1. The second kappa shape index (κ2) is 7.77. The number of ether oxygens (including phenoxy) is 1.